The minimum Gasteiger partial charge on any atom is -0.352 e. The van der Waals surface area contributed by atoms with Gasteiger partial charge in [-0.1, -0.05) is 13.8 Å². The highest BCUT2D eigenvalue weighted by Gasteiger charge is 2.58. The number of hydrogen-bond acceptors (Lipinski definition) is 2. The molecule has 118 valence electrons. The first-order valence-electron chi connectivity index (χ1n) is 8.98. The summed E-state index contributed by atoms with van der Waals surface area (Å²) in [6.45, 7) is 6.77. The van der Waals surface area contributed by atoms with Crippen LogP contribution in [0, 0.1) is 28.6 Å². The maximum Gasteiger partial charge on any atom is 0.226 e. The highest BCUT2D eigenvalue weighted by atomic mass is 16.2. The summed E-state index contributed by atoms with van der Waals surface area (Å²) in [6.07, 6.45) is 8.77. The molecule has 0 aromatic carbocycles. The zero-order valence-electron chi connectivity index (χ0n) is 13.6. The van der Waals surface area contributed by atoms with Crippen molar-refractivity contribution in [1.82, 2.24) is 10.6 Å². The molecule has 1 heterocycles. The van der Waals surface area contributed by atoms with Gasteiger partial charge in [0, 0.05) is 12.6 Å². The summed E-state index contributed by atoms with van der Waals surface area (Å²) >= 11 is 0. The summed E-state index contributed by atoms with van der Waals surface area (Å²) < 4.78 is 0. The number of piperidine rings is 1. The van der Waals surface area contributed by atoms with Gasteiger partial charge in [0.05, 0.1) is 5.41 Å². The molecule has 21 heavy (non-hydrogen) atoms. The lowest BCUT2D eigenvalue weighted by Gasteiger charge is -2.60. The molecule has 4 saturated carbocycles. The van der Waals surface area contributed by atoms with Crippen LogP contribution in [-0.4, -0.2) is 25.0 Å². The van der Waals surface area contributed by atoms with E-state index in [1.54, 1.807) is 0 Å². The molecule has 4 unspecified atom stereocenters. The van der Waals surface area contributed by atoms with Gasteiger partial charge in [-0.05, 0) is 74.7 Å². The third-order valence-corrected chi connectivity index (χ3v) is 6.74. The Morgan fingerprint density at radius 2 is 1.81 bits per heavy atom. The van der Waals surface area contributed by atoms with Gasteiger partial charge in [-0.25, -0.2) is 0 Å². The van der Waals surface area contributed by atoms with E-state index >= 15 is 0 Å². The number of carbonyl (C=O) groups excluding carboxylic acids is 1. The van der Waals surface area contributed by atoms with Gasteiger partial charge < -0.3 is 10.6 Å². The highest BCUT2D eigenvalue weighted by Crippen LogP contribution is 2.65. The van der Waals surface area contributed by atoms with Gasteiger partial charge in [0.2, 0.25) is 5.91 Å². The number of rotatable bonds is 2. The first kappa shape index (κ1) is 14.0. The number of hydrogen-bond donors (Lipinski definition) is 2. The van der Waals surface area contributed by atoms with Gasteiger partial charge in [-0.2, -0.15) is 0 Å². The van der Waals surface area contributed by atoms with Crippen LogP contribution in [0.4, 0.5) is 0 Å². The molecule has 3 heteroatoms. The van der Waals surface area contributed by atoms with E-state index < -0.39 is 0 Å². The maximum atomic E-state index is 13.1. The zero-order valence-corrected chi connectivity index (χ0v) is 13.6. The van der Waals surface area contributed by atoms with E-state index in [4.69, 9.17) is 0 Å². The Balaban J connectivity index is 1.49. The highest BCUT2D eigenvalue weighted by molar-refractivity contribution is 5.83. The van der Waals surface area contributed by atoms with Crippen molar-refractivity contribution >= 4 is 5.91 Å². The van der Waals surface area contributed by atoms with Crippen molar-refractivity contribution in [2.45, 2.75) is 64.8 Å². The van der Waals surface area contributed by atoms with Gasteiger partial charge >= 0.3 is 0 Å². The van der Waals surface area contributed by atoms with Crippen LogP contribution in [0.25, 0.3) is 0 Å². The fraction of sp³-hybridized carbons (Fsp3) is 0.944. The first-order chi connectivity index (χ1) is 9.96. The van der Waals surface area contributed by atoms with Crippen LogP contribution in [0.15, 0.2) is 0 Å². The molecule has 2 N–H and O–H groups in total. The molecule has 5 fully saturated rings. The Labute approximate surface area is 128 Å². The molecule has 0 aromatic heterocycles. The van der Waals surface area contributed by atoms with Crippen LogP contribution < -0.4 is 10.6 Å². The van der Waals surface area contributed by atoms with Crippen LogP contribution in [0.2, 0.25) is 0 Å². The minimum atomic E-state index is -0.0144. The molecule has 1 amide bonds. The van der Waals surface area contributed by atoms with E-state index in [1.165, 1.54) is 32.1 Å². The fourth-order valence-corrected chi connectivity index (χ4v) is 6.59. The van der Waals surface area contributed by atoms with Gasteiger partial charge in [-0.3, -0.25) is 4.79 Å². The summed E-state index contributed by atoms with van der Waals surface area (Å²) in [5, 5.41) is 6.88. The van der Waals surface area contributed by atoms with E-state index in [0.29, 0.717) is 23.3 Å². The van der Waals surface area contributed by atoms with Crippen LogP contribution in [-0.2, 0) is 4.79 Å². The largest absolute Gasteiger partial charge is 0.352 e. The Hall–Kier alpha value is -0.570. The molecular weight excluding hydrogens is 260 g/mol. The average Bonchev–Trinajstić information content (AvgIpc) is 2.35. The van der Waals surface area contributed by atoms with Crippen molar-refractivity contribution in [3.8, 4) is 0 Å². The lowest BCUT2D eigenvalue weighted by atomic mass is 9.44. The van der Waals surface area contributed by atoms with Gasteiger partial charge in [0.1, 0.15) is 0 Å². The Morgan fingerprint density at radius 1 is 1.10 bits per heavy atom. The van der Waals surface area contributed by atoms with Crippen LogP contribution in [0.1, 0.15) is 58.8 Å². The van der Waals surface area contributed by atoms with Crippen LogP contribution in [0.5, 0.6) is 0 Å². The van der Waals surface area contributed by atoms with Crippen LogP contribution >= 0.6 is 0 Å². The molecule has 0 spiro atoms. The number of amides is 1. The summed E-state index contributed by atoms with van der Waals surface area (Å²) in [5.74, 6) is 2.72. The lowest BCUT2D eigenvalue weighted by molar-refractivity contribution is -0.156. The molecular formula is C18H30N2O. The molecule has 1 aliphatic heterocycles. The quantitative estimate of drug-likeness (QED) is 0.821. The molecule has 0 radical (unpaired) electrons. The second kappa shape index (κ2) is 4.71. The fourth-order valence-electron chi connectivity index (χ4n) is 6.59. The normalized spacial score (nSPS) is 51.9. The van der Waals surface area contributed by atoms with Crippen molar-refractivity contribution in [2.75, 3.05) is 13.1 Å². The molecule has 4 atom stereocenters. The van der Waals surface area contributed by atoms with E-state index in [9.17, 15) is 4.79 Å². The van der Waals surface area contributed by atoms with Crippen molar-refractivity contribution in [1.29, 1.82) is 0 Å². The van der Waals surface area contributed by atoms with Gasteiger partial charge in [0.25, 0.3) is 0 Å². The standard InChI is InChI=1S/C18H30N2O/c1-12-3-15(10-19-9-12)20-16(21)18-7-13-4-14(8-18)6-17(2,5-13)11-18/h12-15,19H,3-11H2,1-2H3,(H,20,21). The number of carbonyl (C=O) groups is 1. The molecule has 4 aliphatic carbocycles. The van der Waals surface area contributed by atoms with Crippen LogP contribution in [0.3, 0.4) is 0 Å². The topological polar surface area (TPSA) is 41.1 Å². The lowest BCUT2D eigenvalue weighted by Crippen LogP contribution is -2.59. The van der Waals surface area contributed by atoms with Gasteiger partial charge in [-0.15, -0.1) is 0 Å². The summed E-state index contributed by atoms with van der Waals surface area (Å²) in [5.41, 5.74) is 0.444. The van der Waals surface area contributed by atoms with E-state index in [1.807, 2.05) is 0 Å². The average molecular weight is 290 g/mol. The predicted octanol–water partition coefficient (Wildman–Crippen LogP) is 2.71. The third-order valence-electron chi connectivity index (χ3n) is 6.74. The van der Waals surface area contributed by atoms with Crippen molar-refractivity contribution in [3.05, 3.63) is 0 Å². The molecule has 5 aliphatic rings. The second-order valence-corrected chi connectivity index (χ2v) is 9.22. The Bertz CT molecular complexity index is 432. The zero-order chi connectivity index (χ0) is 14.7. The Morgan fingerprint density at radius 3 is 2.43 bits per heavy atom. The summed E-state index contributed by atoms with van der Waals surface area (Å²) in [7, 11) is 0. The molecule has 1 saturated heterocycles. The van der Waals surface area contributed by atoms with Crippen molar-refractivity contribution < 1.29 is 4.79 Å². The SMILES string of the molecule is CC1CNCC(NC(=O)C23CC4CC(CC(C)(C4)C2)C3)C1. The maximum absolute atomic E-state index is 13.1. The van der Waals surface area contributed by atoms with Gasteiger partial charge in [0.15, 0.2) is 0 Å². The second-order valence-electron chi connectivity index (χ2n) is 9.22. The molecule has 4 bridgehead atoms. The molecule has 3 nitrogen and oxygen atoms in total. The Kier molecular flexibility index (Phi) is 3.15. The summed E-state index contributed by atoms with van der Waals surface area (Å²) in [6, 6.07) is 0.349. The van der Waals surface area contributed by atoms with E-state index in [2.05, 4.69) is 24.5 Å². The van der Waals surface area contributed by atoms with Crippen molar-refractivity contribution in [2.24, 2.45) is 28.6 Å². The van der Waals surface area contributed by atoms with E-state index in [-0.39, 0.29) is 5.41 Å². The monoisotopic (exact) mass is 290 g/mol. The minimum absolute atomic E-state index is 0.0144. The molecule has 0 aromatic rings. The van der Waals surface area contributed by atoms with E-state index in [0.717, 1.165) is 37.8 Å². The third kappa shape index (κ3) is 2.42. The smallest absolute Gasteiger partial charge is 0.226 e. The first-order valence-corrected chi connectivity index (χ1v) is 8.98. The molecule has 5 rings (SSSR count). The van der Waals surface area contributed by atoms with Crippen molar-refractivity contribution in [3.63, 3.8) is 0 Å². The summed E-state index contributed by atoms with van der Waals surface area (Å²) in [4.78, 5) is 13.1. The number of nitrogens with one attached hydrogen (secondary N) is 2. The predicted molar refractivity (Wildman–Crippen MR) is 83.8 cm³/mol.